The van der Waals surface area contributed by atoms with E-state index in [2.05, 4.69) is 10.6 Å². The van der Waals surface area contributed by atoms with Crippen LogP contribution in [0.4, 0.5) is 20.6 Å². The summed E-state index contributed by atoms with van der Waals surface area (Å²) in [6.07, 6.45) is 1.56. The van der Waals surface area contributed by atoms with E-state index in [1.165, 1.54) is 24.3 Å². The second-order valence-electron chi connectivity index (χ2n) is 7.33. The zero-order valence-corrected chi connectivity index (χ0v) is 16.6. The van der Waals surface area contributed by atoms with E-state index < -0.39 is 16.8 Å². The van der Waals surface area contributed by atoms with Gasteiger partial charge in [-0.1, -0.05) is 18.2 Å². The van der Waals surface area contributed by atoms with Crippen LogP contribution in [0.5, 0.6) is 0 Å². The van der Waals surface area contributed by atoms with Crippen molar-refractivity contribution in [1.82, 2.24) is 10.2 Å². The highest BCUT2D eigenvalue weighted by Gasteiger charge is 2.30. The second-order valence-corrected chi connectivity index (χ2v) is 7.33. The van der Waals surface area contributed by atoms with Crippen molar-refractivity contribution in [3.8, 4) is 0 Å². The van der Waals surface area contributed by atoms with Crippen LogP contribution >= 0.6 is 0 Å². The van der Waals surface area contributed by atoms with Crippen molar-refractivity contribution in [3.63, 3.8) is 0 Å². The number of halogens is 1. The average molecular weight is 414 g/mol. The van der Waals surface area contributed by atoms with Crippen LogP contribution in [0.3, 0.4) is 0 Å². The fourth-order valence-electron chi connectivity index (χ4n) is 3.64. The van der Waals surface area contributed by atoms with Gasteiger partial charge in [0.05, 0.1) is 4.92 Å². The second kappa shape index (κ2) is 9.34. The molecule has 1 saturated heterocycles. The number of para-hydroxylation sites is 1. The molecule has 1 fully saturated rings. The number of carbonyl (C=O) groups is 2. The molecule has 2 N–H and O–H groups in total. The molecule has 1 aliphatic heterocycles. The average Bonchev–Trinajstić information content (AvgIpc) is 2.71. The molecule has 0 radical (unpaired) electrons. The molecule has 2 aromatic rings. The van der Waals surface area contributed by atoms with Crippen molar-refractivity contribution in [2.24, 2.45) is 5.92 Å². The SMILES string of the molecule is Cc1cccc(C(=O)N2CCCC(CNC(=O)Nc3cccc(F)c3)C2)c1[N+](=O)[O-]. The van der Waals surface area contributed by atoms with Gasteiger partial charge in [-0.25, -0.2) is 9.18 Å². The molecule has 158 valence electrons. The number of hydrogen-bond donors (Lipinski definition) is 2. The van der Waals surface area contributed by atoms with E-state index in [0.717, 1.165) is 12.8 Å². The van der Waals surface area contributed by atoms with Gasteiger partial charge in [-0.05, 0) is 49.9 Å². The molecule has 30 heavy (non-hydrogen) atoms. The van der Waals surface area contributed by atoms with Crippen molar-refractivity contribution >= 4 is 23.3 Å². The first-order valence-electron chi connectivity index (χ1n) is 9.69. The number of nitrogens with zero attached hydrogens (tertiary/aromatic N) is 2. The van der Waals surface area contributed by atoms with E-state index in [4.69, 9.17) is 0 Å². The molecule has 0 aromatic heterocycles. The largest absolute Gasteiger partial charge is 0.338 e. The first kappa shape index (κ1) is 21.2. The van der Waals surface area contributed by atoms with Gasteiger partial charge in [-0.2, -0.15) is 0 Å². The highest BCUT2D eigenvalue weighted by molar-refractivity contribution is 5.98. The third-order valence-electron chi connectivity index (χ3n) is 5.09. The number of nitrogens with one attached hydrogen (secondary N) is 2. The summed E-state index contributed by atoms with van der Waals surface area (Å²) in [5.41, 5.74) is 0.699. The molecule has 2 aromatic carbocycles. The maximum atomic E-state index is 13.2. The van der Waals surface area contributed by atoms with Crippen LogP contribution in [0.25, 0.3) is 0 Å². The quantitative estimate of drug-likeness (QED) is 0.575. The number of hydrogen-bond acceptors (Lipinski definition) is 4. The highest BCUT2D eigenvalue weighted by Crippen LogP contribution is 2.26. The number of piperidine rings is 1. The van der Waals surface area contributed by atoms with Gasteiger partial charge >= 0.3 is 6.03 Å². The molecule has 9 heteroatoms. The molecular weight excluding hydrogens is 391 g/mol. The van der Waals surface area contributed by atoms with Crippen LogP contribution in [0.1, 0.15) is 28.8 Å². The number of anilines is 1. The van der Waals surface area contributed by atoms with Crippen LogP contribution in [0.2, 0.25) is 0 Å². The van der Waals surface area contributed by atoms with Gasteiger partial charge in [-0.15, -0.1) is 0 Å². The number of benzene rings is 2. The summed E-state index contributed by atoms with van der Waals surface area (Å²) in [6, 6.07) is 9.84. The molecule has 0 spiro atoms. The summed E-state index contributed by atoms with van der Waals surface area (Å²) in [6.45, 7) is 2.84. The Balaban J connectivity index is 1.59. The van der Waals surface area contributed by atoms with E-state index in [-0.39, 0.29) is 23.1 Å². The first-order valence-corrected chi connectivity index (χ1v) is 9.69. The van der Waals surface area contributed by atoms with Crippen molar-refractivity contribution in [3.05, 3.63) is 69.5 Å². The number of carbonyl (C=O) groups excluding carboxylic acids is 2. The van der Waals surface area contributed by atoms with Crippen LogP contribution in [-0.2, 0) is 0 Å². The Labute approximate surface area is 173 Å². The molecule has 0 aliphatic carbocycles. The molecular formula is C21H23FN4O4. The minimum absolute atomic E-state index is 0.0184. The van der Waals surface area contributed by atoms with Gasteiger partial charge in [0.1, 0.15) is 11.4 Å². The molecule has 8 nitrogen and oxygen atoms in total. The Morgan fingerprint density at radius 1 is 1.27 bits per heavy atom. The van der Waals surface area contributed by atoms with Gasteiger partial charge in [0, 0.05) is 30.9 Å². The Hall–Kier alpha value is -3.49. The van der Waals surface area contributed by atoms with Crippen LogP contribution in [0, 0.1) is 28.8 Å². The summed E-state index contributed by atoms with van der Waals surface area (Å²) >= 11 is 0. The third-order valence-corrected chi connectivity index (χ3v) is 5.09. The molecule has 3 rings (SSSR count). The lowest BCUT2D eigenvalue weighted by Gasteiger charge is -2.33. The summed E-state index contributed by atoms with van der Waals surface area (Å²) in [5.74, 6) is -0.802. The van der Waals surface area contributed by atoms with Crippen LogP contribution < -0.4 is 10.6 Å². The van der Waals surface area contributed by atoms with E-state index in [0.29, 0.717) is 30.9 Å². The molecule has 1 aliphatic rings. The lowest BCUT2D eigenvalue weighted by Crippen LogP contribution is -2.44. The van der Waals surface area contributed by atoms with Gasteiger partial charge in [0.2, 0.25) is 0 Å². The van der Waals surface area contributed by atoms with Gasteiger partial charge in [-0.3, -0.25) is 14.9 Å². The van der Waals surface area contributed by atoms with Crippen molar-refractivity contribution in [2.75, 3.05) is 25.0 Å². The zero-order valence-electron chi connectivity index (χ0n) is 16.6. The lowest BCUT2D eigenvalue weighted by molar-refractivity contribution is -0.385. The Kier molecular flexibility index (Phi) is 6.61. The summed E-state index contributed by atoms with van der Waals surface area (Å²) in [5, 5.41) is 16.7. The first-order chi connectivity index (χ1) is 14.3. The minimum atomic E-state index is -0.525. The number of amides is 3. The number of nitro benzene ring substituents is 1. The molecule has 1 unspecified atom stereocenters. The fraction of sp³-hybridized carbons (Fsp3) is 0.333. The smallest absolute Gasteiger partial charge is 0.319 e. The fourth-order valence-corrected chi connectivity index (χ4v) is 3.64. The third kappa shape index (κ3) is 5.11. The van der Waals surface area contributed by atoms with Gasteiger partial charge in [0.15, 0.2) is 0 Å². The number of rotatable bonds is 5. The predicted octanol–water partition coefficient (Wildman–Crippen LogP) is 3.72. The summed E-state index contributed by atoms with van der Waals surface area (Å²) < 4.78 is 13.2. The van der Waals surface area contributed by atoms with Crippen LogP contribution in [0.15, 0.2) is 42.5 Å². The number of likely N-dealkylation sites (tertiary alicyclic amines) is 1. The van der Waals surface area contributed by atoms with E-state index >= 15 is 0 Å². The van der Waals surface area contributed by atoms with Crippen molar-refractivity contribution < 1.29 is 18.9 Å². The monoisotopic (exact) mass is 414 g/mol. The molecule has 3 amide bonds. The Morgan fingerprint density at radius 2 is 2.03 bits per heavy atom. The summed E-state index contributed by atoms with van der Waals surface area (Å²) in [4.78, 5) is 37.5. The van der Waals surface area contributed by atoms with Crippen molar-refractivity contribution in [2.45, 2.75) is 19.8 Å². The zero-order chi connectivity index (χ0) is 21.7. The molecule has 1 atom stereocenters. The Morgan fingerprint density at radius 3 is 2.77 bits per heavy atom. The number of aryl methyl sites for hydroxylation is 1. The maximum absolute atomic E-state index is 13.2. The van der Waals surface area contributed by atoms with E-state index in [1.54, 1.807) is 30.0 Å². The number of nitro groups is 1. The number of urea groups is 1. The van der Waals surface area contributed by atoms with Gasteiger partial charge in [0.25, 0.3) is 11.6 Å². The molecule has 1 heterocycles. The summed E-state index contributed by atoms with van der Waals surface area (Å²) in [7, 11) is 0. The van der Waals surface area contributed by atoms with E-state index in [9.17, 15) is 24.1 Å². The van der Waals surface area contributed by atoms with Crippen molar-refractivity contribution in [1.29, 1.82) is 0 Å². The molecule has 0 saturated carbocycles. The minimum Gasteiger partial charge on any atom is -0.338 e. The topological polar surface area (TPSA) is 105 Å². The maximum Gasteiger partial charge on any atom is 0.319 e. The normalized spacial score (nSPS) is 16.1. The van der Waals surface area contributed by atoms with E-state index in [1.807, 2.05) is 0 Å². The highest BCUT2D eigenvalue weighted by atomic mass is 19.1. The van der Waals surface area contributed by atoms with Gasteiger partial charge < -0.3 is 15.5 Å². The standard InChI is InChI=1S/C21H23FN4O4/c1-14-5-2-9-18(19(14)26(29)30)20(27)25-10-4-6-15(13-25)12-23-21(28)24-17-8-3-7-16(22)11-17/h2-3,5,7-9,11,15H,4,6,10,12-13H2,1H3,(H2,23,24,28). The van der Waals surface area contributed by atoms with Crippen LogP contribution in [-0.4, -0.2) is 41.4 Å². The predicted molar refractivity (Wildman–Crippen MR) is 110 cm³/mol. The Bertz CT molecular complexity index is 966. The molecule has 0 bridgehead atoms. The lowest BCUT2D eigenvalue weighted by atomic mass is 9.97.